The van der Waals surface area contributed by atoms with Crippen molar-refractivity contribution >= 4 is 17.4 Å². The number of nitrogens with zero attached hydrogens (tertiary/aromatic N) is 4. The fourth-order valence-corrected chi connectivity index (χ4v) is 1.52. The lowest BCUT2D eigenvalue weighted by Gasteiger charge is -2.06. The van der Waals surface area contributed by atoms with Gasteiger partial charge in [-0.15, -0.1) is 0 Å². The van der Waals surface area contributed by atoms with Crippen LogP contribution in [0.1, 0.15) is 12.8 Å². The molecule has 2 aromatic rings. The molecule has 6 heteroatoms. The predicted octanol–water partition coefficient (Wildman–Crippen LogP) is 1.57. The molecule has 0 atom stereocenters. The van der Waals surface area contributed by atoms with Gasteiger partial charge in [-0.1, -0.05) is 11.6 Å². The number of aromatic nitrogens is 4. The SMILES string of the molecule is Clc1cc(OCC2CC2)n2ncnc2n1. The van der Waals surface area contributed by atoms with Crippen molar-refractivity contribution in [1.29, 1.82) is 0 Å². The van der Waals surface area contributed by atoms with Crippen molar-refractivity contribution in [2.45, 2.75) is 12.8 Å². The number of fused-ring (bicyclic) bond motifs is 1. The second kappa shape index (κ2) is 3.34. The van der Waals surface area contributed by atoms with Gasteiger partial charge >= 0.3 is 0 Å². The minimum absolute atomic E-state index is 0.376. The molecule has 0 unspecified atom stereocenters. The molecule has 2 aromatic heterocycles. The number of halogens is 1. The zero-order valence-electron chi connectivity index (χ0n) is 7.93. The van der Waals surface area contributed by atoms with Gasteiger partial charge in [-0.05, 0) is 18.8 Å². The summed E-state index contributed by atoms with van der Waals surface area (Å²) in [6.07, 6.45) is 3.93. The van der Waals surface area contributed by atoms with E-state index in [-0.39, 0.29) is 0 Å². The molecule has 1 aliphatic carbocycles. The van der Waals surface area contributed by atoms with Gasteiger partial charge in [0.25, 0.3) is 5.78 Å². The Hall–Kier alpha value is -1.36. The number of hydrogen-bond acceptors (Lipinski definition) is 4. The Morgan fingerprint density at radius 1 is 1.53 bits per heavy atom. The number of hydrogen-bond donors (Lipinski definition) is 0. The first-order valence-electron chi connectivity index (χ1n) is 4.82. The summed E-state index contributed by atoms with van der Waals surface area (Å²) in [4.78, 5) is 7.97. The molecule has 0 N–H and O–H groups in total. The molecule has 2 heterocycles. The topological polar surface area (TPSA) is 52.3 Å². The Labute approximate surface area is 91.0 Å². The van der Waals surface area contributed by atoms with Crippen LogP contribution in [0.2, 0.25) is 5.15 Å². The fraction of sp³-hybridized carbons (Fsp3) is 0.444. The van der Waals surface area contributed by atoms with Crippen LogP contribution in [0.4, 0.5) is 0 Å². The largest absolute Gasteiger partial charge is 0.477 e. The number of ether oxygens (including phenoxy) is 1. The van der Waals surface area contributed by atoms with Crippen LogP contribution < -0.4 is 4.74 Å². The van der Waals surface area contributed by atoms with Crippen LogP contribution >= 0.6 is 11.6 Å². The monoisotopic (exact) mass is 224 g/mol. The van der Waals surface area contributed by atoms with E-state index in [1.165, 1.54) is 19.2 Å². The summed E-state index contributed by atoms with van der Waals surface area (Å²) in [7, 11) is 0. The minimum Gasteiger partial charge on any atom is -0.477 e. The van der Waals surface area contributed by atoms with Crippen LogP contribution in [0.3, 0.4) is 0 Å². The quantitative estimate of drug-likeness (QED) is 0.743. The molecule has 78 valence electrons. The van der Waals surface area contributed by atoms with Gasteiger partial charge in [0.2, 0.25) is 5.88 Å². The van der Waals surface area contributed by atoms with Crippen molar-refractivity contribution < 1.29 is 4.74 Å². The summed E-state index contributed by atoms with van der Waals surface area (Å²) in [6.45, 7) is 0.718. The zero-order chi connectivity index (χ0) is 10.3. The zero-order valence-corrected chi connectivity index (χ0v) is 8.68. The van der Waals surface area contributed by atoms with E-state index < -0.39 is 0 Å². The maximum absolute atomic E-state index is 5.84. The molecule has 3 rings (SSSR count). The maximum atomic E-state index is 5.84. The van der Waals surface area contributed by atoms with Gasteiger partial charge < -0.3 is 4.74 Å². The van der Waals surface area contributed by atoms with E-state index >= 15 is 0 Å². The number of rotatable bonds is 3. The van der Waals surface area contributed by atoms with E-state index in [4.69, 9.17) is 16.3 Å². The Morgan fingerprint density at radius 3 is 3.20 bits per heavy atom. The van der Waals surface area contributed by atoms with E-state index in [1.807, 2.05) is 0 Å². The normalized spacial score (nSPS) is 15.8. The van der Waals surface area contributed by atoms with Crippen molar-refractivity contribution in [2.24, 2.45) is 5.92 Å². The first kappa shape index (κ1) is 8.91. The third-order valence-corrected chi connectivity index (χ3v) is 2.55. The molecule has 1 aliphatic rings. The van der Waals surface area contributed by atoms with Crippen LogP contribution in [0.5, 0.6) is 5.88 Å². The Kier molecular flexibility index (Phi) is 1.98. The van der Waals surface area contributed by atoms with E-state index in [0.29, 0.717) is 22.7 Å². The molecule has 0 aliphatic heterocycles. The summed E-state index contributed by atoms with van der Waals surface area (Å²) < 4.78 is 7.17. The van der Waals surface area contributed by atoms with Crippen molar-refractivity contribution in [1.82, 2.24) is 19.6 Å². The predicted molar refractivity (Wildman–Crippen MR) is 54.0 cm³/mol. The average Bonchev–Trinajstić information content (AvgIpc) is 2.92. The Bertz CT molecular complexity index is 494. The average molecular weight is 225 g/mol. The third kappa shape index (κ3) is 1.74. The molecule has 5 nitrogen and oxygen atoms in total. The highest BCUT2D eigenvalue weighted by Crippen LogP contribution is 2.29. The summed E-state index contributed by atoms with van der Waals surface area (Å²) in [6, 6.07) is 1.66. The molecule has 1 saturated carbocycles. The van der Waals surface area contributed by atoms with Gasteiger partial charge in [0.15, 0.2) is 0 Å². The molecule has 0 amide bonds. The highest BCUT2D eigenvalue weighted by atomic mass is 35.5. The van der Waals surface area contributed by atoms with E-state index in [0.717, 1.165) is 6.61 Å². The van der Waals surface area contributed by atoms with Crippen molar-refractivity contribution in [3.8, 4) is 5.88 Å². The van der Waals surface area contributed by atoms with E-state index in [9.17, 15) is 0 Å². The third-order valence-electron chi connectivity index (χ3n) is 2.35. The first-order valence-corrected chi connectivity index (χ1v) is 5.20. The van der Waals surface area contributed by atoms with Gasteiger partial charge in [0.1, 0.15) is 11.5 Å². The summed E-state index contributed by atoms with van der Waals surface area (Å²) in [5.74, 6) is 1.76. The van der Waals surface area contributed by atoms with E-state index in [1.54, 1.807) is 10.6 Å². The molecule has 0 saturated heterocycles. The summed E-state index contributed by atoms with van der Waals surface area (Å²) >= 11 is 5.84. The maximum Gasteiger partial charge on any atom is 0.256 e. The van der Waals surface area contributed by atoms with E-state index in [2.05, 4.69) is 15.1 Å². The molecule has 0 bridgehead atoms. The molecule has 15 heavy (non-hydrogen) atoms. The summed E-state index contributed by atoms with van der Waals surface area (Å²) in [5.41, 5.74) is 0. The molecule has 0 radical (unpaired) electrons. The van der Waals surface area contributed by atoms with Crippen LogP contribution in [-0.2, 0) is 0 Å². The van der Waals surface area contributed by atoms with Crippen molar-refractivity contribution in [3.63, 3.8) is 0 Å². The van der Waals surface area contributed by atoms with Crippen LogP contribution in [0.25, 0.3) is 5.78 Å². The smallest absolute Gasteiger partial charge is 0.256 e. The van der Waals surface area contributed by atoms with Gasteiger partial charge in [-0.25, -0.2) is 0 Å². The highest BCUT2D eigenvalue weighted by molar-refractivity contribution is 6.29. The van der Waals surface area contributed by atoms with Crippen molar-refractivity contribution in [2.75, 3.05) is 6.61 Å². The Morgan fingerprint density at radius 2 is 2.40 bits per heavy atom. The lowest BCUT2D eigenvalue weighted by atomic mass is 10.5. The second-order valence-corrected chi connectivity index (χ2v) is 4.03. The van der Waals surface area contributed by atoms with Gasteiger partial charge in [-0.2, -0.15) is 19.6 Å². The van der Waals surface area contributed by atoms with Crippen LogP contribution in [-0.4, -0.2) is 26.2 Å². The van der Waals surface area contributed by atoms with Crippen LogP contribution in [0.15, 0.2) is 12.4 Å². The molecular formula is C9H9ClN4O. The molecule has 1 fully saturated rings. The molecular weight excluding hydrogens is 216 g/mol. The lowest BCUT2D eigenvalue weighted by molar-refractivity contribution is 0.281. The molecule has 0 spiro atoms. The highest BCUT2D eigenvalue weighted by Gasteiger charge is 2.22. The molecule has 0 aromatic carbocycles. The first-order chi connectivity index (χ1) is 7.33. The minimum atomic E-state index is 0.376. The lowest BCUT2D eigenvalue weighted by Crippen LogP contribution is -2.05. The van der Waals surface area contributed by atoms with Crippen molar-refractivity contribution in [3.05, 3.63) is 17.5 Å². The van der Waals surface area contributed by atoms with Gasteiger partial charge in [-0.3, -0.25) is 0 Å². The standard InChI is InChI=1S/C9H9ClN4O/c10-7-3-8(15-4-6-1-2-6)14-9(13-7)11-5-12-14/h3,5-6H,1-2,4H2. The van der Waals surface area contributed by atoms with Crippen LogP contribution in [0, 0.1) is 5.92 Å². The van der Waals surface area contributed by atoms with Gasteiger partial charge in [0, 0.05) is 6.07 Å². The summed E-state index contributed by atoms with van der Waals surface area (Å²) in [5, 5.41) is 4.39. The second-order valence-electron chi connectivity index (χ2n) is 3.64. The van der Waals surface area contributed by atoms with Gasteiger partial charge in [0.05, 0.1) is 6.61 Å². The fourth-order valence-electron chi connectivity index (χ4n) is 1.35. The Balaban J connectivity index is 1.95.